The third kappa shape index (κ3) is 4.40. The van der Waals surface area contributed by atoms with E-state index >= 15 is 0 Å². The number of amides is 1. The predicted octanol–water partition coefficient (Wildman–Crippen LogP) is 3.61. The summed E-state index contributed by atoms with van der Waals surface area (Å²) in [6.07, 6.45) is 3.08. The van der Waals surface area contributed by atoms with Crippen molar-refractivity contribution in [3.63, 3.8) is 0 Å². The van der Waals surface area contributed by atoms with Gasteiger partial charge in [0.2, 0.25) is 5.91 Å². The summed E-state index contributed by atoms with van der Waals surface area (Å²) in [6, 6.07) is 13.9. The Morgan fingerprint density at radius 1 is 1.08 bits per heavy atom. The molecule has 0 unspecified atom stereocenters. The molecule has 1 amide bonds. The lowest BCUT2D eigenvalue weighted by Gasteiger charge is -2.35. The van der Waals surface area contributed by atoms with Gasteiger partial charge in [0.25, 0.3) is 5.69 Å². The molecule has 7 heteroatoms. The van der Waals surface area contributed by atoms with E-state index in [0.717, 1.165) is 18.8 Å². The van der Waals surface area contributed by atoms with Crippen molar-refractivity contribution in [2.45, 2.75) is 0 Å². The minimum absolute atomic E-state index is 0.0103. The summed E-state index contributed by atoms with van der Waals surface area (Å²) in [7, 11) is 0. The number of anilines is 1. The second-order valence-corrected chi connectivity index (χ2v) is 6.41. The number of rotatable bonds is 4. The highest BCUT2D eigenvalue weighted by Crippen LogP contribution is 2.20. The number of nitro benzene ring substituents is 1. The van der Waals surface area contributed by atoms with Gasteiger partial charge in [0.1, 0.15) is 0 Å². The van der Waals surface area contributed by atoms with Crippen LogP contribution in [0.15, 0.2) is 54.6 Å². The highest BCUT2D eigenvalue weighted by atomic mass is 35.5. The first-order valence-electron chi connectivity index (χ1n) is 8.25. The molecule has 0 aromatic heterocycles. The molecule has 0 radical (unpaired) electrons. The number of hydrogen-bond acceptors (Lipinski definition) is 4. The fourth-order valence-electron chi connectivity index (χ4n) is 2.85. The molecule has 1 aliphatic rings. The molecule has 0 saturated carbocycles. The zero-order valence-corrected chi connectivity index (χ0v) is 14.8. The lowest BCUT2D eigenvalue weighted by atomic mass is 10.2. The summed E-state index contributed by atoms with van der Waals surface area (Å²) in [4.78, 5) is 26.7. The zero-order chi connectivity index (χ0) is 18.5. The van der Waals surface area contributed by atoms with Crippen LogP contribution in [0.2, 0.25) is 5.02 Å². The number of carbonyl (C=O) groups excluding carboxylic acids is 1. The zero-order valence-electron chi connectivity index (χ0n) is 14.0. The van der Waals surface area contributed by atoms with Gasteiger partial charge in [-0.2, -0.15) is 0 Å². The predicted molar refractivity (Wildman–Crippen MR) is 102 cm³/mol. The molecule has 1 fully saturated rings. The molecule has 0 bridgehead atoms. The molecule has 1 saturated heterocycles. The van der Waals surface area contributed by atoms with Crippen molar-refractivity contribution in [2.75, 3.05) is 31.1 Å². The molecule has 134 valence electrons. The van der Waals surface area contributed by atoms with Gasteiger partial charge in [-0.05, 0) is 35.9 Å². The van der Waals surface area contributed by atoms with E-state index in [1.165, 1.54) is 18.2 Å². The highest BCUT2D eigenvalue weighted by molar-refractivity contribution is 6.30. The van der Waals surface area contributed by atoms with Crippen molar-refractivity contribution < 1.29 is 9.72 Å². The standard InChI is InChI=1S/C19H18ClN3O3/c20-16-5-7-17(8-6-16)21-10-12-22(13-11-21)19(24)9-4-15-2-1-3-18(14-15)23(25)26/h1-9,14H,10-13H2. The van der Waals surface area contributed by atoms with Crippen LogP contribution in [0.5, 0.6) is 0 Å². The molecule has 6 nitrogen and oxygen atoms in total. The normalized spacial score (nSPS) is 14.7. The van der Waals surface area contributed by atoms with Gasteiger partial charge in [0, 0.05) is 55.1 Å². The molecule has 0 spiro atoms. The van der Waals surface area contributed by atoms with E-state index in [4.69, 9.17) is 11.6 Å². The summed E-state index contributed by atoms with van der Waals surface area (Å²) in [6.45, 7) is 2.75. The molecule has 0 N–H and O–H groups in total. The summed E-state index contributed by atoms with van der Waals surface area (Å²) >= 11 is 5.91. The molecule has 26 heavy (non-hydrogen) atoms. The Morgan fingerprint density at radius 2 is 1.77 bits per heavy atom. The summed E-state index contributed by atoms with van der Waals surface area (Å²) in [5.74, 6) is -0.0905. The fourth-order valence-corrected chi connectivity index (χ4v) is 2.98. The molecule has 2 aromatic rings. The van der Waals surface area contributed by atoms with E-state index in [2.05, 4.69) is 4.90 Å². The molecule has 3 rings (SSSR count). The van der Waals surface area contributed by atoms with Crippen molar-refractivity contribution in [1.29, 1.82) is 0 Å². The Balaban J connectivity index is 1.57. The maximum atomic E-state index is 12.3. The molecule has 1 aliphatic heterocycles. The van der Waals surface area contributed by atoms with E-state index < -0.39 is 4.92 Å². The van der Waals surface area contributed by atoms with E-state index in [-0.39, 0.29) is 11.6 Å². The first kappa shape index (κ1) is 17.9. The number of halogens is 1. The quantitative estimate of drug-likeness (QED) is 0.468. The Kier molecular flexibility index (Phi) is 5.53. The second-order valence-electron chi connectivity index (χ2n) is 5.97. The van der Waals surface area contributed by atoms with Crippen LogP contribution in [0.4, 0.5) is 11.4 Å². The van der Waals surface area contributed by atoms with Crippen LogP contribution in [0.1, 0.15) is 5.56 Å². The van der Waals surface area contributed by atoms with Crippen LogP contribution < -0.4 is 4.90 Å². The van der Waals surface area contributed by atoms with E-state index in [0.29, 0.717) is 23.7 Å². The lowest BCUT2D eigenvalue weighted by molar-refractivity contribution is -0.384. The van der Waals surface area contributed by atoms with Crippen molar-refractivity contribution in [2.24, 2.45) is 0 Å². The maximum absolute atomic E-state index is 12.3. The molecule has 0 atom stereocenters. The number of carbonyl (C=O) groups is 1. The Labute approximate surface area is 156 Å². The molecular weight excluding hydrogens is 354 g/mol. The molecule has 1 heterocycles. The average Bonchev–Trinajstić information content (AvgIpc) is 2.67. The maximum Gasteiger partial charge on any atom is 0.270 e. The van der Waals surface area contributed by atoms with Gasteiger partial charge in [-0.1, -0.05) is 23.7 Å². The van der Waals surface area contributed by atoms with Gasteiger partial charge < -0.3 is 9.80 Å². The third-order valence-corrected chi connectivity index (χ3v) is 4.53. The average molecular weight is 372 g/mol. The van der Waals surface area contributed by atoms with Crippen molar-refractivity contribution in [1.82, 2.24) is 4.90 Å². The smallest absolute Gasteiger partial charge is 0.270 e. The number of nitro groups is 1. The Bertz CT molecular complexity index is 828. The molecular formula is C19H18ClN3O3. The van der Waals surface area contributed by atoms with Gasteiger partial charge in [-0.15, -0.1) is 0 Å². The summed E-state index contributed by atoms with van der Waals surface area (Å²) in [5.41, 5.74) is 1.73. The lowest BCUT2D eigenvalue weighted by Crippen LogP contribution is -2.48. The fraction of sp³-hybridized carbons (Fsp3) is 0.211. The van der Waals surface area contributed by atoms with Gasteiger partial charge in [0.15, 0.2) is 0 Å². The first-order valence-corrected chi connectivity index (χ1v) is 8.63. The Morgan fingerprint density at radius 3 is 2.42 bits per heavy atom. The SMILES string of the molecule is O=C(C=Cc1cccc([N+](=O)[O-])c1)N1CCN(c2ccc(Cl)cc2)CC1. The topological polar surface area (TPSA) is 66.7 Å². The van der Waals surface area contributed by atoms with Gasteiger partial charge >= 0.3 is 0 Å². The van der Waals surface area contributed by atoms with Crippen LogP contribution >= 0.6 is 11.6 Å². The molecule has 2 aromatic carbocycles. The van der Waals surface area contributed by atoms with Crippen LogP contribution in [-0.2, 0) is 4.79 Å². The number of benzene rings is 2. The van der Waals surface area contributed by atoms with E-state index in [1.807, 2.05) is 24.3 Å². The van der Waals surface area contributed by atoms with Crippen LogP contribution in [0.25, 0.3) is 6.08 Å². The minimum atomic E-state index is -0.449. The number of piperazine rings is 1. The molecule has 0 aliphatic carbocycles. The highest BCUT2D eigenvalue weighted by Gasteiger charge is 2.19. The third-order valence-electron chi connectivity index (χ3n) is 4.28. The van der Waals surface area contributed by atoms with Crippen LogP contribution in [-0.4, -0.2) is 41.9 Å². The summed E-state index contributed by atoms with van der Waals surface area (Å²) in [5, 5.41) is 11.5. The minimum Gasteiger partial charge on any atom is -0.368 e. The van der Waals surface area contributed by atoms with Gasteiger partial charge in [-0.3, -0.25) is 14.9 Å². The largest absolute Gasteiger partial charge is 0.368 e. The monoisotopic (exact) mass is 371 g/mol. The van der Waals surface area contributed by atoms with E-state index in [1.54, 1.807) is 23.1 Å². The van der Waals surface area contributed by atoms with Crippen LogP contribution in [0, 0.1) is 10.1 Å². The van der Waals surface area contributed by atoms with Gasteiger partial charge in [0.05, 0.1) is 4.92 Å². The Hall–Kier alpha value is -2.86. The van der Waals surface area contributed by atoms with Crippen molar-refractivity contribution in [3.8, 4) is 0 Å². The number of non-ortho nitro benzene ring substituents is 1. The van der Waals surface area contributed by atoms with Crippen molar-refractivity contribution in [3.05, 3.63) is 75.3 Å². The first-order chi connectivity index (χ1) is 12.5. The van der Waals surface area contributed by atoms with Crippen molar-refractivity contribution >= 4 is 35.0 Å². The summed E-state index contributed by atoms with van der Waals surface area (Å²) < 4.78 is 0. The van der Waals surface area contributed by atoms with Crippen LogP contribution in [0.3, 0.4) is 0 Å². The number of nitrogens with zero attached hydrogens (tertiary/aromatic N) is 3. The van der Waals surface area contributed by atoms with E-state index in [9.17, 15) is 14.9 Å². The second kappa shape index (κ2) is 8.01. The van der Waals surface area contributed by atoms with Gasteiger partial charge in [-0.25, -0.2) is 0 Å². The number of hydrogen-bond donors (Lipinski definition) is 0.